The SMILES string of the molecule is CC(C)N1C(=O)C(=Cc2c(N3CCN(c4ccccc4)CC3)nc3ccccn3c2=O)SC1=S. The van der Waals surface area contributed by atoms with E-state index in [1.54, 1.807) is 23.2 Å². The van der Waals surface area contributed by atoms with Crippen LogP contribution < -0.4 is 15.4 Å². The van der Waals surface area contributed by atoms with Crippen molar-refractivity contribution in [2.45, 2.75) is 19.9 Å². The third kappa shape index (κ3) is 4.10. The Morgan fingerprint density at radius 3 is 2.32 bits per heavy atom. The van der Waals surface area contributed by atoms with Gasteiger partial charge in [-0.05, 0) is 44.2 Å². The van der Waals surface area contributed by atoms with Crippen molar-refractivity contribution >= 4 is 57.4 Å². The molecule has 5 rings (SSSR count). The number of piperazine rings is 1. The Labute approximate surface area is 207 Å². The Balaban J connectivity index is 1.54. The lowest BCUT2D eigenvalue weighted by atomic mass is 10.2. The molecule has 1 aromatic carbocycles. The Bertz CT molecular complexity index is 1340. The maximum atomic E-state index is 13.5. The van der Waals surface area contributed by atoms with Crippen LogP contribution in [0.2, 0.25) is 0 Å². The zero-order valence-electron chi connectivity index (χ0n) is 19.0. The van der Waals surface area contributed by atoms with Crippen LogP contribution in [0.3, 0.4) is 0 Å². The van der Waals surface area contributed by atoms with Crippen LogP contribution in [0.1, 0.15) is 19.4 Å². The molecule has 34 heavy (non-hydrogen) atoms. The molecule has 2 aliphatic heterocycles. The van der Waals surface area contributed by atoms with Crippen LogP contribution in [-0.2, 0) is 4.79 Å². The monoisotopic (exact) mass is 491 g/mol. The first-order valence-corrected chi connectivity index (χ1v) is 12.5. The summed E-state index contributed by atoms with van der Waals surface area (Å²) in [5.41, 5.74) is 1.99. The van der Waals surface area contributed by atoms with E-state index < -0.39 is 0 Å². The molecule has 0 N–H and O–H groups in total. The zero-order valence-corrected chi connectivity index (χ0v) is 20.7. The average molecular weight is 492 g/mol. The molecule has 3 aromatic rings. The maximum absolute atomic E-state index is 13.5. The van der Waals surface area contributed by atoms with Gasteiger partial charge in [-0.3, -0.25) is 18.9 Å². The largest absolute Gasteiger partial charge is 0.368 e. The van der Waals surface area contributed by atoms with Gasteiger partial charge in [0, 0.05) is 44.1 Å². The molecule has 2 saturated heterocycles. The van der Waals surface area contributed by atoms with Gasteiger partial charge in [0.2, 0.25) is 0 Å². The Morgan fingerprint density at radius 1 is 0.971 bits per heavy atom. The van der Waals surface area contributed by atoms with E-state index in [4.69, 9.17) is 17.2 Å². The number of nitrogens with zero attached hydrogens (tertiary/aromatic N) is 5. The summed E-state index contributed by atoms with van der Waals surface area (Å²) in [7, 11) is 0. The smallest absolute Gasteiger partial charge is 0.267 e. The number of anilines is 2. The highest BCUT2D eigenvalue weighted by Crippen LogP contribution is 2.34. The van der Waals surface area contributed by atoms with Gasteiger partial charge in [-0.2, -0.15) is 0 Å². The standard InChI is InChI=1S/C25H25N5O2S2/c1-17(2)30-24(32)20(34-25(30)33)16-19-22(26-21-10-6-7-11-29(21)23(19)31)28-14-12-27(13-15-28)18-8-4-3-5-9-18/h3-11,16-17H,12-15H2,1-2H3. The minimum Gasteiger partial charge on any atom is -0.368 e. The lowest BCUT2D eigenvalue weighted by Gasteiger charge is -2.37. The van der Waals surface area contributed by atoms with E-state index in [9.17, 15) is 9.59 Å². The molecule has 0 atom stereocenters. The van der Waals surface area contributed by atoms with E-state index in [-0.39, 0.29) is 17.5 Å². The Morgan fingerprint density at radius 2 is 1.65 bits per heavy atom. The van der Waals surface area contributed by atoms with Gasteiger partial charge in [0.05, 0.1) is 10.5 Å². The third-order valence-corrected chi connectivity index (χ3v) is 7.40. The molecule has 0 radical (unpaired) electrons. The van der Waals surface area contributed by atoms with E-state index in [0.717, 1.165) is 26.2 Å². The Hall–Kier alpha value is -3.17. The zero-order chi connectivity index (χ0) is 23.8. The second-order valence-electron chi connectivity index (χ2n) is 8.54. The molecule has 2 aromatic heterocycles. The van der Waals surface area contributed by atoms with Gasteiger partial charge < -0.3 is 9.80 Å². The van der Waals surface area contributed by atoms with E-state index >= 15 is 0 Å². The average Bonchev–Trinajstić information content (AvgIpc) is 3.14. The third-order valence-electron chi connectivity index (χ3n) is 6.06. The summed E-state index contributed by atoms with van der Waals surface area (Å²) in [6.45, 7) is 6.93. The molecule has 0 unspecified atom stereocenters. The van der Waals surface area contributed by atoms with Crippen LogP contribution in [0.15, 0.2) is 64.4 Å². The number of hydrogen-bond donors (Lipinski definition) is 0. The van der Waals surface area contributed by atoms with E-state index in [0.29, 0.717) is 26.3 Å². The van der Waals surface area contributed by atoms with Crippen molar-refractivity contribution in [2.24, 2.45) is 0 Å². The first-order chi connectivity index (χ1) is 16.4. The molecule has 174 valence electrons. The number of thiocarbonyl (C=S) groups is 1. The van der Waals surface area contributed by atoms with Crippen LogP contribution >= 0.6 is 24.0 Å². The predicted octanol–water partition coefficient (Wildman–Crippen LogP) is 3.63. The Kier molecular flexibility index (Phi) is 6.14. The number of rotatable bonds is 4. The number of fused-ring (bicyclic) bond motifs is 1. The normalized spacial score (nSPS) is 18.1. The van der Waals surface area contributed by atoms with Gasteiger partial charge in [-0.1, -0.05) is 48.2 Å². The minimum atomic E-state index is -0.194. The fraction of sp³-hybridized carbons (Fsp3) is 0.280. The number of thioether (sulfide) groups is 1. The van der Waals surface area contributed by atoms with Crippen molar-refractivity contribution in [2.75, 3.05) is 36.0 Å². The van der Waals surface area contributed by atoms with E-state index in [1.165, 1.54) is 21.8 Å². The summed E-state index contributed by atoms with van der Waals surface area (Å²) in [6.07, 6.45) is 3.38. The van der Waals surface area contributed by atoms with Crippen LogP contribution in [0.5, 0.6) is 0 Å². The van der Waals surface area contributed by atoms with Gasteiger partial charge in [-0.25, -0.2) is 4.98 Å². The molecule has 0 saturated carbocycles. The van der Waals surface area contributed by atoms with Crippen LogP contribution in [-0.4, -0.2) is 56.7 Å². The summed E-state index contributed by atoms with van der Waals surface area (Å²) in [5.74, 6) is 0.445. The number of carbonyl (C=O) groups is 1. The lowest BCUT2D eigenvalue weighted by Crippen LogP contribution is -2.47. The minimum absolute atomic E-state index is 0.0419. The van der Waals surface area contributed by atoms with Gasteiger partial charge >= 0.3 is 0 Å². The molecular formula is C25H25N5O2S2. The first kappa shape index (κ1) is 22.6. The highest BCUT2D eigenvalue weighted by Gasteiger charge is 2.34. The second-order valence-corrected chi connectivity index (χ2v) is 10.2. The summed E-state index contributed by atoms with van der Waals surface area (Å²) in [4.78, 5) is 37.9. The highest BCUT2D eigenvalue weighted by molar-refractivity contribution is 8.26. The van der Waals surface area contributed by atoms with Gasteiger partial charge in [0.15, 0.2) is 0 Å². The van der Waals surface area contributed by atoms with Crippen LogP contribution in [0, 0.1) is 0 Å². The van der Waals surface area contributed by atoms with Crippen molar-refractivity contribution in [1.82, 2.24) is 14.3 Å². The molecule has 0 bridgehead atoms. The topological polar surface area (TPSA) is 61.2 Å². The van der Waals surface area contributed by atoms with Crippen molar-refractivity contribution < 1.29 is 4.79 Å². The fourth-order valence-electron chi connectivity index (χ4n) is 4.33. The van der Waals surface area contributed by atoms with Crippen molar-refractivity contribution in [3.8, 4) is 0 Å². The molecular weight excluding hydrogens is 466 g/mol. The molecule has 2 aliphatic rings. The number of amides is 1. The quantitative estimate of drug-likeness (QED) is 0.408. The molecule has 9 heteroatoms. The molecule has 0 spiro atoms. The number of aromatic nitrogens is 2. The number of pyridine rings is 1. The van der Waals surface area contributed by atoms with Gasteiger partial charge in [0.25, 0.3) is 11.5 Å². The molecule has 2 fully saturated rings. The predicted molar refractivity (Wildman–Crippen MR) is 142 cm³/mol. The maximum Gasteiger partial charge on any atom is 0.267 e. The fourth-order valence-corrected chi connectivity index (χ4v) is 5.84. The van der Waals surface area contributed by atoms with E-state index in [1.807, 2.05) is 44.2 Å². The van der Waals surface area contributed by atoms with Crippen molar-refractivity contribution in [1.29, 1.82) is 0 Å². The van der Waals surface area contributed by atoms with Crippen molar-refractivity contribution in [3.63, 3.8) is 0 Å². The van der Waals surface area contributed by atoms with E-state index in [2.05, 4.69) is 21.9 Å². The summed E-state index contributed by atoms with van der Waals surface area (Å²) >= 11 is 6.66. The van der Waals surface area contributed by atoms with Gasteiger partial charge in [-0.15, -0.1) is 0 Å². The van der Waals surface area contributed by atoms with Gasteiger partial charge in [0.1, 0.15) is 15.8 Å². The number of benzene rings is 1. The van der Waals surface area contributed by atoms with Crippen LogP contribution in [0.25, 0.3) is 11.7 Å². The molecule has 0 aliphatic carbocycles. The summed E-state index contributed by atoms with van der Waals surface area (Å²) in [6, 6.07) is 15.8. The molecule has 4 heterocycles. The van der Waals surface area contributed by atoms with Crippen molar-refractivity contribution in [3.05, 3.63) is 75.6 Å². The number of para-hydroxylation sites is 1. The summed E-state index contributed by atoms with van der Waals surface area (Å²) < 4.78 is 2.04. The number of hydrogen-bond acceptors (Lipinski definition) is 7. The summed E-state index contributed by atoms with van der Waals surface area (Å²) in [5, 5.41) is 0. The van der Waals surface area contributed by atoms with Crippen LogP contribution in [0.4, 0.5) is 11.5 Å². The highest BCUT2D eigenvalue weighted by atomic mass is 32.2. The lowest BCUT2D eigenvalue weighted by molar-refractivity contribution is -0.123. The number of carbonyl (C=O) groups excluding carboxylic acids is 1. The first-order valence-electron chi connectivity index (χ1n) is 11.3. The molecule has 7 nitrogen and oxygen atoms in total. The second kappa shape index (κ2) is 9.23. The molecule has 1 amide bonds.